The van der Waals surface area contributed by atoms with Crippen molar-refractivity contribution in [2.24, 2.45) is 0 Å². The summed E-state index contributed by atoms with van der Waals surface area (Å²) in [5.41, 5.74) is 0. The number of thiazole rings is 1. The number of hydrogen-bond donors (Lipinski definition) is 2. The molecule has 0 bridgehead atoms. The minimum absolute atomic E-state index is 0.519. The molecule has 0 unspecified atom stereocenters. The number of aromatic nitrogens is 1. The summed E-state index contributed by atoms with van der Waals surface area (Å²) in [5.74, 6) is -0.841. The van der Waals surface area contributed by atoms with Gasteiger partial charge in [0, 0.05) is 18.1 Å². The third kappa shape index (κ3) is 2.60. The van der Waals surface area contributed by atoms with Crippen LogP contribution in [0.3, 0.4) is 0 Å². The van der Waals surface area contributed by atoms with Gasteiger partial charge in [0.2, 0.25) is 0 Å². The van der Waals surface area contributed by atoms with Gasteiger partial charge < -0.3 is 5.11 Å². The minimum atomic E-state index is -0.841. The molecule has 0 amide bonds. The Kier molecular flexibility index (Phi) is 3.19. The molecule has 1 atom stereocenters. The molecular formula is C7H10N2O2S. The fourth-order valence-electron chi connectivity index (χ4n) is 0.668. The molecule has 2 N–H and O–H groups in total. The molecule has 1 rings (SSSR count). The third-order valence-corrected chi connectivity index (χ3v) is 2.19. The first-order valence-electron chi connectivity index (χ1n) is 3.54. The molecule has 12 heavy (non-hydrogen) atoms. The molecule has 4 nitrogen and oxygen atoms in total. The van der Waals surface area contributed by atoms with Crippen LogP contribution in [0.15, 0.2) is 11.6 Å². The molecule has 1 aromatic heterocycles. The molecule has 0 aromatic carbocycles. The summed E-state index contributed by atoms with van der Waals surface area (Å²) in [5, 5.41) is 14.1. The first-order chi connectivity index (χ1) is 5.70. The second-order valence-electron chi connectivity index (χ2n) is 2.37. The number of nitrogens with zero attached hydrogens (tertiary/aromatic N) is 1. The summed E-state index contributed by atoms with van der Waals surface area (Å²) in [6.45, 7) is 2.13. The van der Waals surface area contributed by atoms with Crippen molar-refractivity contribution in [3.63, 3.8) is 0 Å². The molecule has 66 valence electrons. The zero-order chi connectivity index (χ0) is 8.97. The smallest absolute Gasteiger partial charge is 0.320 e. The molecule has 0 aliphatic carbocycles. The van der Waals surface area contributed by atoms with E-state index in [1.165, 1.54) is 11.3 Å². The van der Waals surface area contributed by atoms with Crippen LogP contribution in [-0.4, -0.2) is 22.1 Å². The molecule has 0 aliphatic rings. The first-order valence-corrected chi connectivity index (χ1v) is 4.42. The molecule has 0 aliphatic heterocycles. The van der Waals surface area contributed by atoms with Gasteiger partial charge in [-0.05, 0) is 6.92 Å². The van der Waals surface area contributed by atoms with E-state index in [0.29, 0.717) is 6.54 Å². The van der Waals surface area contributed by atoms with Gasteiger partial charge in [0.25, 0.3) is 0 Å². The Morgan fingerprint density at radius 2 is 2.67 bits per heavy atom. The number of carboxylic acid groups (broad SMARTS) is 1. The van der Waals surface area contributed by atoms with Gasteiger partial charge in [-0.25, -0.2) is 4.98 Å². The second-order valence-corrected chi connectivity index (χ2v) is 3.35. The van der Waals surface area contributed by atoms with Gasteiger partial charge in [0.15, 0.2) is 0 Å². The molecule has 0 radical (unpaired) electrons. The molecule has 0 saturated carbocycles. The zero-order valence-electron chi connectivity index (χ0n) is 6.65. The van der Waals surface area contributed by atoms with Crippen LogP contribution >= 0.6 is 11.3 Å². The van der Waals surface area contributed by atoms with E-state index < -0.39 is 12.0 Å². The summed E-state index contributed by atoms with van der Waals surface area (Å²) >= 11 is 1.51. The fraction of sp³-hybridized carbons (Fsp3) is 0.429. The van der Waals surface area contributed by atoms with Crippen LogP contribution in [0.4, 0.5) is 0 Å². The van der Waals surface area contributed by atoms with Crippen LogP contribution in [0.2, 0.25) is 0 Å². The Morgan fingerprint density at radius 3 is 3.17 bits per heavy atom. The van der Waals surface area contributed by atoms with Crippen molar-refractivity contribution in [1.82, 2.24) is 10.3 Å². The van der Waals surface area contributed by atoms with E-state index >= 15 is 0 Å². The Bertz CT molecular complexity index is 248. The van der Waals surface area contributed by atoms with Crippen molar-refractivity contribution in [3.8, 4) is 0 Å². The zero-order valence-corrected chi connectivity index (χ0v) is 7.47. The summed E-state index contributed by atoms with van der Waals surface area (Å²) in [6, 6.07) is -0.520. The number of aliphatic carboxylic acids is 1. The summed E-state index contributed by atoms with van der Waals surface area (Å²) in [7, 11) is 0. The van der Waals surface area contributed by atoms with Crippen molar-refractivity contribution < 1.29 is 9.90 Å². The SMILES string of the molecule is C[C@H](NCc1nccs1)C(=O)O. The van der Waals surface area contributed by atoms with Gasteiger partial charge in [0.05, 0.1) is 0 Å². The highest BCUT2D eigenvalue weighted by Crippen LogP contribution is 2.02. The molecule has 0 saturated heterocycles. The Morgan fingerprint density at radius 1 is 1.92 bits per heavy atom. The largest absolute Gasteiger partial charge is 0.480 e. The molecular weight excluding hydrogens is 176 g/mol. The average molecular weight is 186 g/mol. The van der Waals surface area contributed by atoms with Crippen molar-refractivity contribution in [1.29, 1.82) is 0 Å². The predicted octanol–water partition coefficient (Wildman–Crippen LogP) is 0.706. The highest BCUT2D eigenvalue weighted by atomic mass is 32.1. The maximum atomic E-state index is 10.4. The van der Waals surface area contributed by atoms with Crippen molar-refractivity contribution in [3.05, 3.63) is 16.6 Å². The van der Waals surface area contributed by atoms with Gasteiger partial charge in [-0.2, -0.15) is 0 Å². The summed E-state index contributed by atoms with van der Waals surface area (Å²) < 4.78 is 0. The average Bonchev–Trinajstić information content (AvgIpc) is 2.51. The summed E-state index contributed by atoms with van der Waals surface area (Å²) in [6.07, 6.45) is 1.70. The van der Waals surface area contributed by atoms with Crippen LogP contribution in [-0.2, 0) is 11.3 Å². The van der Waals surface area contributed by atoms with E-state index in [9.17, 15) is 4.79 Å². The second kappa shape index (κ2) is 4.18. The van der Waals surface area contributed by atoms with Crippen molar-refractivity contribution in [2.75, 3.05) is 0 Å². The topological polar surface area (TPSA) is 62.2 Å². The van der Waals surface area contributed by atoms with Gasteiger partial charge in [-0.15, -0.1) is 11.3 Å². The number of nitrogens with one attached hydrogen (secondary N) is 1. The molecule has 1 aromatic rings. The van der Waals surface area contributed by atoms with Crippen LogP contribution in [0.5, 0.6) is 0 Å². The normalized spacial score (nSPS) is 12.8. The van der Waals surface area contributed by atoms with Crippen molar-refractivity contribution >= 4 is 17.3 Å². The quantitative estimate of drug-likeness (QED) is 0.726. The van der Waals surface area contributed by atoms with Crippen LogP contribution in [0.1, 0.15) is 11.9 Å². The van der Waals surface area contributed by atoms with E-state index in [1.807, 2.05) is 5.38 Å². The maximum absolute atomic E-state index is 10.4. The van der Waals surface area contributed by atoms with E-state index in [4.69, 9.17) is 5.11 Å². The Hall–Kier alpha value is -0.940. The Labute approximate surface area is 74.3 Å². The number of carboxylic acids is 1. The lowest BCUT2D eigenvalue weighted by Crippen LogP contribution is -2.32. The van der Waals surface area contributed by atoms with Crippen LogP contribution < -0.4 is 5.32 Å². The minimum Gasteiger partial charge on any atom is -0.480 e. The molecule has 0 fully saturated rings. The standard InChI is InChI=1S/C7H10N2O2S/c1-5(7(10)11)9-4-6-8-2-3-12-6/h2-3,5,9H,4H2,1H3,(H,10,11)/t5-/m0/s1. The van der Waals surface area contributed by atoms with E-state index in [2.05, 4.69) is 10.3 Å². The lowest BCUT2D eigenvalue weighted by molar-refractivity contribution is -0.139. The molecule has 1 heterocycles. The predicted molar refractivity (Wildman–Crippen MR) is 46.1 cm³/mol. The molecule has 0 spiro atoms. The number of rotatable bonds is 4. The Balaban J connectivity index is 2.31. The highest BCUT2D eigenvalue weighted by molar-refractivity contribution is 7.09. The highest BCUT2D eigenvalue weighted by Gasteiger charge is 2.09. The van der Waals surface area contributed by atoms with Gasteiger partial charge in [-0.3, -0.25) is 10.1 Å². The summed E-state index contributed by atoms with van der Waals surface area (Å²) in [4.78, 5) is 14.4. The number of carbonyl (C=O) groups is 1. The monoisotopic (exact) mass is 186 g/mol. The van der Waals surface area contributed by atoms with E-state index in [1.54, 1.807) is 13.1 Å². The maximum Gasteiger partial charge on any atom is 0.320 e. The van der Waals surface area contributed by atoms with E-state index in [-0.39, 0.29) is 0 Å². The van der Waals surface area contributed by atoms with Gasteiger partial charge in [-0.1, -0.05) is 0 Å². The molecule has 5 heteroatoms. The lowest BCUT2D eigenvalue weighted by Gasteiger charge is -2.05. The van der Waals surface area contributed by atoms with Crippen LogP contribution in [0.25, 0.3) is 0 Å². The van der Waals surface area contributed by atoms with Crippen molar-refractivity contribution in [2.45, 2.75) is 19.5 Å². The lowest BCUT2D eigenvalue weighted by atomic mass is 10.3. The third-order valence-electron chi connectivity index (χ3n) is 1.41. The van der Waals surface area contributed by atoms with E-state index in [0.717, 1.165) is 5.01 Å². The van der Waals surface area contributed by atoms with Crippen LogP contribution in [0, 0.1) is 0 Å². The van der Waals surface area contributed by atoms with Gasteiger partial charge >= 0.3 is 5.97 Å². The number of hydrogen-bond acceptors (Lipinski definition) is 4. The van der Waals surface area contributed by atoms with Gasteiger partial charge in [0.1, 0.15) is 11.0 Å². The fourth-order valence-corrected chi connectivity index (χ4v) is 1.24. The first kappa shape index (κ1) is 9.15.